The molecule has 1 aromatic carbocycles. The van der Waals surface area contributed by atoms with E-state index >= 15 is 0 Å². The number of nitrogens with zero attached hydrogens (tertiary/aromatic N) is 1. The highest BCUT2D eigenvalue weighted by atomic mass is 19.1. The molecular formula is C16H19FN2O4. The molecular weight excluding hydrogens is 303 g/mol. The molecule has 2 heterocycles. The van der Waals surface area contributed by atoms with E-state index < -0.39 is 12.2 Å². The summed E-state index contributed by atoms with van der Waals surface area (Å²) in [6, 6.07) is 5.64. The standard InChI is InChI=1S/C16H19FN2O4/c17-12-4-6-13(7-5-12)19-10-11(9-14(19)20)16(21)18-23-15-3-1-2-8-22-15/h4-7,11,15H,1-3,8-10H2,(H,18,21)/t11-,15-/m0/s1. The lowest BCUT2D eigenvalue weighted by molar-refractivity contribution is -0.201. The Labute approximate surface area is 133 Å². The number of hydroxylamine groups is 1. The fourth-order valence-corrected chi connectivity index (χ4v) is 2.77. The fourth-order valence-electron chi connectivity index (χ4n) is 2.77. The summed E-state index contributed by atoms with van der Waals surface area (Å²) in [5.74, 6) is -1.35. The number of rotatable bonds is 4. The summed E-state index contributed by atoms with van der Waals surface area (Å²) in [5.41, 5.74) is 2.98. The molecule has 0 unspecified atom stereocenters. The molecule has 23 heavy (non-hydrogen) atoms. The molecule has 0 spiro atoms. The summed E-state index contributed by atoms with van der Waals surface area (Å²) >= 11 is 0. The average molecular weight is 322 g/mol. The van der Waals surface area contributed by atoms with Gasteiger partial charge in [-0.25, -0.2) is 14.7 Å². The Morgan fingerprint density at radius 2 is 2.09 bits per heavy atom. The average Bonchev–Trinajstić information content (AvgIpc) is 2.96. The molecule has 124 valence electrons. The zero-order valence-corrected chi connectivity index (χ0v) is 12.7. The lowest BCUT2D eigenvalue weighted by Gasteiger charge is -2.23. The van der Waals surface area contributed by atoms with Gasteiger partial charge in [0, 0.05) is 31.7 Å². The molecule has 2 fully saturated rings. The number of hydrogen-bond acceptors (Lipinski definition) is 4. The van der Waals surface area contributed by atoms with Gasteiger partial charge in [-0.1, -0.05) is 0 Å². The van der Waals surface area contributed by atoms with Crippen molar-refractivity contribution in [3.8, 4) is 0 Å². The van der Waals surface area contributed by atoms with E-state index in [1.165, 1.54) is 29.2 Å². The van der Waals surface area contributed by atoms with Crippen molar-refractivity contribution in [2.75, 3.05) is 18.1 Å². The number of carbonyl (C=O) groups is 2. The second-order valence-corrected chi connectivity index (χ2v) is 5.76. The molecule has 2 aliphatic heterocycles. The summed E-state index contributed by atoms with van der Waals surface area (Å²) in [4.78, 5) is 30.9. The summed E-state index contributed by atoms with van der Waals surface area (Å²) in [6.07, 6.45) is 2.43. The number of anilines is 1. The van der Waals surface area contributed by atoms with E-state index in [1.807, 2.05) is 0 Å². The molecule has 2 amide bonds. The molecule has 2 atom stereocenters. The van der Waals surface area contributed by atoms with Gasteiger partial charge in [-0.2, -0.15) is 0 Å². The summed E-state index contributed by atoms with van der Waals surface area (Å²) in [7, 11) is 0. The number of hydrogen-bond donors (Lipinski definition) is 1. The Morgan fingerprint density at radius 1 is 1.30 bits per heavy atom. The summed E-state index contributed by atoms with van der Waals surface area (Å²) in [5, 5.41) is 0. The fraction of sp³-hybridized carbons (Fsp3) is 0.500. The van der Waals surface area contributed by atoms with E-state index in [2.05, 4.69) is 5.48 Å². The van der Waals surface area contributed by atoms with Gasteiger partial charge in [0.25, 0.3) is 0 Å². The van der Waals surface area contributed by atoms with Crippen molar-refractivity contribution in [3.05, 3.63) is 30.1 Å². The molecule has 0 aromatic heterocycles. The Kier molecular flexibility index (Phi) is 4.88. The van der Waals surface area contributed by atoms with Gasteiger partial charge in [0.15, 0.2) is 6.29 Å². The third kappa shape index (κ3) is 3.86. The minimum absolute atomic E-state index is 0.109. The molecule has 0 saturated carbocycles. The van der Waals surface area contributed by atoms with E-state index in [-0.39, 0.29) is 30.6 Å². The Hall–Kier alpha value is -1.99. The monoisotopic (exact) mass is 322 g/mol. The number of amides is 2. The Balaban J connectivity index is 1.54. The first-order chi connectivity index (χ1) is 11.1. The van der Waals surface area contributed by atoms with Gasteiger partial charge >= 0.3 is 0 Å². The lowest BCUT2D eigenvalue weighted by atomic mass is 10.1. The van der Waals surface area contributed by atoms with Crippen molar-refractivity contribution in [1.29, 1.82) is 0 Å². The van der Waals surface area contributed by atoms with Crippen LogP contribution in [0.3, 0.4) is 0 Å². The van der Waals surface area contributed by atoms with E-state index in [1.54, 1.807) is 0 Å². The number of nitrogens with one attached hydrogen (secondary N) is 1. The van der Waals surface area contributed by atoms with Crippen molar-refractivity contribution in [1.82, 2.24) is 5.48 Å². The zero-order valence-electron chi connectivity index (χ0n) is 12.7. The molecule has 1 N–H and O–H groups in total. The lowest BCUT2D eigenvalue weighted by Crippen LogP contribution is -2.37. The van der Waals surface area contributed by atoms with Gasteiger partial charge in [0.05, 0.1) is 5.92 Å². The minimum Gasteiger partial charge on any atom is -0.350 e. The van der Waals surface area contributed by atoms with Crippen molar-refractivity contribution in [2.45, 2.75) is 32.0 Å². The smallest absolute Gasteiger partial charge is 0.249 e. The molecule has 0 bridgehead atoms. The van der Waals surface area contributed by atoms with Crippen LogP contribution in [0.1, 0.15) is 25.7 Å². The molecule has 1 aromatic rings. The van der Waals surface area contributed by atoms with Crippen molar-refractivity contribution >= 4 is 17.5 Å². The Morgan fingerprint density at radius 3 is 2.78 bits per heavy atom. The van der Waals surface area contributed by atoms with Crippen LogP contribution in [0.5, 0.6) is 0 Å². The quantitative estimate of drug-likeness (QED) is 0.858. The molecule has 0 aliphatic carbocycles. The molecule has 2 aliphatic rings. The maximum atomic E-state index is 13.0. The molecule has 0 radical (unpaired) electrons. The second kappa shape index (κ2) is 7.06. The first-order valence-electron chi connectivity index (χ1n) is 7.76. The van der Waals surface area contributed by atoms with Crippen LogP contribution in [-0.4, -0.2) is 31.3 Å². The van der Waals surface area contributed by atoms with Crippen LogP contribution in [-0.2, 0) is 19.2 Å². The molecule has 3 rings (SSSR count). The summed E-state index contributed by atoms with van der Waals surface area (Å²) < 4.78 is 18.3. The van der Waals surface area contributed by atoms with Crippen molar-refractivity contribution < 1.29 is 23.6 Å². The van der Waals surface area contributed by atoms with E-state index in [0.717, 1.165) is 19.3 Å². The Bertz CT molecular complexity index is 572. The first kappa shape index (κ1) is 15.9. The van der Waals surface area contributed by atoms with Gasteiger partial charge in [-0.15, -0.1) is 0 Å². The van der Waals surface area contributed by atoms with Gasteiger partial charge in [0.1, 0.15) is 5.82 Å². The number of ether oxygens (including phenoxy) is 1. The number of halogens is 1. The maximum Gasteiger partial charge on any atom is 0.249 e. The van der Waals surface area contributed by atoms with Crippen LogP contribution in [0, 0.1) is 11.7 Å². The third-order valence-corrected chi connectivity index (χ3v) is 4.06. The second-order valence-electron chi connectivity index (χ2n) is 5.76. The highest BCUT2D eigenvalue weighted by Crippen LogP contribution is 2.25. The van der Waals surface area contributed by atoms with Crippen LogP contribution < -0.4 is 10.4 Å². The van der Waals surface area contributed by atoms with Crippen LogP contribution in [0.25, 0.3) is 0 Å². The number of carbonyl (C=O) groups excluding carboxylic acids is 2. The van der Waals surface area contributed by atoms with Gasteiger partial charge in [-0.3, -0.25) is 9.59 Å². The zero-order chi connectivity index (χ0) is 16.2. The number of benzene rings is 1. The van der Waals surface area contributed by atoms with Gasteiger partial charge in [0.2, 0.25) is 11.8 Å². The van der Waals surface area contributed by atoms with Crippen LogP contribution in [0.4, 0.5) is 10.1 Å². The van der Waals surface area contributed by atoms with Crippen LogP contribution in [0.2, 0.25) is 0 Å². The third-order valence-electron chi connectivity index (χ3n) is 4.06. The highest BCUT2D eigenvalue weighted by Gasteiger charge is 2.35. The van der Waals surface area contributed by atoms with Crippen LogP contribution in [0.15, 0.2) is 24.3 Å². The highest BCUT2D eigenvalue weighted by molar-refractivity contribution is 6.00. The molecule has 6 nitrogen and oxygen atoms in total. The van der Waals surface area contributed by atoms with E-state index in [0.29, 0.717) is 12.3 Å². The van der Waals surface area contributed by atoms with Crippen molar-refractivity contribution in [2.24, 2.45) is 5.92 Å². The van der Waals surface area contributed by atoms with Gasteiger partial charge < -0.3 is 9.64 Å². The predicted octanol–water partition coefficient (Wildman–Crippen LogP) is 1.75. The molecule has 2 saturated heterocycles. The van der Waals surface area contributed by atoms with Gasteiger partial charge in [-0.05, 0) is 37.1 Å². The van der Waals surface area contributed by atoms with E-state index in [4.69, 9.17) is 9.57 Å². The normalized spacial score (nSPS) is 24.7. The topological polar surface area (TPSA) is 67.9 Å². The maximum absolute atomic E-state index is 13.0. The summed E-state index contributed by atoms with van der Waals surface area (Å²) in [6.45, 7) is 0.881. The minimum atomic E-state index is -0.490. The predicted molar refractivity (Wildman–Crippen MR) is 79.7 cm³/mol. The van der Waals surface area contributed by atoms with Crippen LogP contribution >= 0.6 is 0 Å². The molecule has 7 heteroatoms. The van der Waals surface area contributed by atoms with Crippen molar-refractivity contribution in [3.63, 3.8) is 0 Å². The first-order valence-corrected chi connectivity index (χ1v) is 7.76. The van der Waals surface area contributed by atoms with E-state index in [9.17, 15) is 14.0 Å². The largest absolute Gasteiger partial charge is 0.350 e. The SMILES string of the molecule is O=C(NO[C@H]1CCCCO1)[C@H]1CC(=O)N(c2ccc(F)cc2)C1.